The summed E-state index contributed by atoms with van der Waals surface area (Å²) in [6.45, 7) is 0. The van der Waals surface area contributed by atoms with Crippen LogP contribution in [0.15, 0.2) is 212 Å². The van der Waals surface area contributed by atoms with Crippen molar-refractivity contribution in [2.45, 2.75) is 0 Å². The van der Waals surface area contributed by atoms with Gasteiger partial charge in [0.25, 0.3) is 0 Å². The summed E-state index contributed by atoms with van der Waals surface area (Å²) in [5, 5.41) is 2.34. The molecule has 5 nitrogen and oxygen atoms in total. The second kappa shape index (κ2) is 13.5. The fourth-order valence-corrected chi connectivity index (χ4v) is 8.17. The molecule has 5 heteroatoms. The highest BCUT2D eigenvalue weighted by atomic mass is 16.5. The van der Waals surface area contributed by atoms with Gasteiger partial charge in [-0.25, -0.2) is 0 Å². The van der Waals surface area contributed by atoms with Crippen LogP contribution in [-0.4, -0.2) is 0 Å². The first kappa shape index (κ1) is 32.7. The molecule has 57 heavy (non-hydrogen) atoms. The zero-order valence-corrected chi connectivity index (χ0v) is 30.9. The molecular weight excluding hydrogens is 699 g/mol. The third kappa shape index (κ3) is 5.64. The number of fused-ring (bicyclic) bond motifs is 5. The third-order valence-electron chi connectivity index (χ3n) is 10.8. The van der Waals surface area contributed by atoms with Crippen LogP contribution < -0.4 is 24.2 Å². The van der Waals surface area contributed by atoms with Crippen LogP contribution in [-0.2, 0) is 0 Å². The second-order valence-electron chi connectivity index (χ2n) is 14.2. The van der Waals surface area contributed by atoms with Gasteiger partial charge in [0.05, 0.1) is 34.1 Å². The quantitative estimate of drug-likeness (QED) is 0.170. The molecule has 0 fully saturated rings. The van der Waals surface area contributed by atoms with Crippen LogP contribution in [0.3, 0.4) is 0 Å². The maximum atomic E-state index is 6.68. The molecule has 0 N–H and O–H groups in total. The third-order valence-corrected chi connectivity index (χ3v) is 10.8. The van der Waals surface area contributed by atoms with Crippen molar-refractivity contribution in [3.63, 3.8) is 0 Å². The molecule has 11 rings (SSSR count). The van der Waals surface area contributed by atoms with Crippen LogP contribution >= 0.6 is 0 Å². The molecule has 9 aromatic carbocycles. The lowest BCUT2D eigenvalue weighted by atomic mass is 10.0. The summed E-state index contributed by atoms with van der Waals surface area (Å²) in [7, 11) is 0. The van der Waals surface area contributed by atoms with E-state index in [1.807, 2.05) is 36.4 Å². The summed E-state index contributed by atoms with van der Waals surface area (Å²) < 4.78 is 13.2. The van der Waals surface area contributed by atoms with Gasteiger partial charge in [0, 0.05) is 28.5 Å². The SMILES string of the molecule is c1ccc(N2c3ccccc3Oc3cc(-c4ccc(N(c5ccc6c(c5)Oc5ccccc5N6c5ccccc5)c5cccc6ccccc56)cc4)ccc32)cc1. The molecule has 0 saturated carbocycles. The van der Waals surface area contributed by atoms with Crippen molar-refractivity contribution in [2.75, 3.05) is 14.7 Å². The molecule has 9 aromatic rings. The van der Waals surface area contributed by atoms with Crippen molar-refractivity contribution >= 4 is 62.0 Å². The number of ether oxygens (including phenoxy) is 2. The molecule has 0 amide bonds. The van der Waals surface area contributed by atoms with Gasteiger partial charge in [-0.05, 0) is 108 Å². The van der Waals surface area contributed by atoms with Crippen molar-refractivity contribution < 1.29 is 9.47 Å². The molecule has 0 radical (unpaired) electrons. The Hall–Kier alpha value is -7.76. The Morgan fingerprint density at radius 1 is 0.333 bits per heavy atom. The zero-order chi connectivity index (χ0) is 37.7. The normalized spacial score (nSPS) is 12.4. The number of para-hydroxylation sites is 6. The molecule has 0 bridgehead atoms. The lowest BCUT2D eigenvalue weighted by Gasteiger charge is -2.34. The summed E-state index contributed by atoms with van der Waals surface area (Å²) in [5.74, 6) is 3.25. The van der Waals surface area contributed by atoms with Gasteiger partial charge in [0.15, 0.2) is 23.0 Å². The number of rotatable bonds is 6. The molecule has 2 aliphatic rings. The minimum Gasteiger partial charge on any atom is -0.453 e. The highest BCUT2D eigenvalue weighted by molar-refractivity contribution is 6.00. The second-order valence-corrected chi connectivity index (χ2v) is 14.2. The molecule has 270 valence electrons. The summed E-state index contributed by atoms with van der Waals surface area (Å²) in [5.41, 5.74) is 11.5. The first-order valence-electron chi connectivity index (χ1n) is 19.2. The predicted molar refractivity (Wildman–Crippen MR) is 234 cm³/mol. The lowest BCUT2D eigenvalue weighted by molar-refractivity contribution is 0.477. The van der Waals surface area contributed by atoms with Gasteiger partial charge in [-0.1, -0.05) is 115 Å². The fourth-order valence-electron chi connectivity index (χ4n) is 8.17. The van der Waals surface area contributed by atoms with Gasteiger partial charge in [-0.3, -0.25) is 0 Å². The summed E-state index contributed by atoms with van der Waals surface area (Å²) >= 11 is 0. The minimum absolute atomic E-state index is 0.789. The fraction of sp³-hybridized carbons (Fsp3) is 0. The van der Waals surface area contributed by atoms with Gasteiger partial charge in [0.2, 0.25) is 0 Å². The molecule has 0 aromatic heterocycles. The zero-order valence-electron chi connectivity index (χ0n) is 30.9. The highest BCUT2D eigenvalue weighted by Crippen LogP contribution is 2.53. The number of hydrogen-bond donors (Lipinski definition) is 0. The Bertz CT molecular complexity index is 2920. The number of benzene rings is 9. The summed E-state index contributed by atoms with van der Waals surface area (Å²) in [6, 6.07) is 74.2. The van der Waals surface area contributed by atoms with E-state index < -0.39 is 0 Å². The number of anilines is 9. The summed E-state index contributed by atoms with van der Waals surface area (Å²) in [6.07, 6.45) is 0. The van der Waals surface area contributed by atoms with E-state index >= 15 is 0 Å². The van der Waals surface area contributed by atoms with E-state index in [0.29, 0.717) is 0 Å². The molecule has 0 aliphatic carbocycles. The maximum absolute atomic E-state index is 6.68. The van der Waals surface area contributed by atoms with E-state index in [1.54, 1.807) is 0 Å². The van der Waals surface area contributed by atoms with Crippen LogP contribution in [0.25, 0.3) is 21.9 Å². The minimum atomic E-state index is 0.789. The average molecular weight is 734 g/mol. The number of hydrogen-bond acceptors (Lipinski definition) is 5. The maximum Gasteiger partial charge on any atom is 0.153 e. The molecular formula is C52H35N3O2. The largest absolute Gasteiger partial charge is 0.453 e. The molecule has 0 saturated heterocycles. The van der Waals surface area contributed by atoms with Crippen LogP contribution in [0.2, 0.25) is 0 Å². The first-order valence-corrected chi connectivity index (χ1v) is 19.2. The van der Waals surface area contributed by atoms with Crippen LogP contribution in [0.5, 0.6) is 23.0 Å². The van der Waals surface area contributed by atoms with Crippen molar-refractivity contribution in [3.05, 3.63) is 212 Å². The van der Waals surface area contributed by atoms with Crippen LogP contribution in [0.1, 0.15) is 0 Å². The highest BCUT2D eigenvalue weighted by Gasteiger charge is 2.28. The smallest absolute Gasteiger partial charge is 0.153 e. The standard InChI is InChI=1S/C52H35N3O2/c1-3-16-39(17-4-1)54-45-21-9-11-24-49(45)56-51-34-38(28-32-47(51)54)36-26-29-41(30-27-36)53(44-23-13-15-37-14-7-8-20-43(37)44)42-31-33-48-52(35-42)57-50-25-12-10-22-46(50)55(48)40-18-5-2-6-19-40/h1-35H. The van der Waals surface area contributed by atoms with Crippen molar-refractivity contribution in [3.8, 4) is 34.1 Å². The van der Waals surface area contributed by atoms with E-state index in [9.17, 15) is 0 Å². The number of nitrogens with zero attached hydrogens (tertiary/aromatic N) is 3. The monoisotopic (exact) mass is 733 g/mol. The van der Waals surface area contributed by atoms with Gasteiger partial charge in [-0.2, -0.15) is 0 Å². The van der Waals surface area contributed by atoms with Gasteiger partial charge >= 0.3 is 0 Å². The van der Waals surface area contributed by atoms with Gasteiger partial charge < -0.3 is 24.2 Å². The Balaban J connectivity index is 1.00. The molecule has 0 spiro atoms. The first-order chi connectivity index (χ1) is 28.3. The predicted octanol–water partition coefficient (Wildman–Crippen LogP) is 15.1. The molecule has 2 heterocycles. The van der Waals surface area contributed by atoms with E-state index in [1.165, 1.54) is 5.39 Å². The van der Waals surface area contributed by atoms with E-state index in [2.05, 4.69) is 191 Å². The average Bonchev–Trinajstić information content (AvgIpc) is 3.28. The van der Waals surface area contributed by atoms with E-state index in [0.717, 1.165) is 90.7 Å². The lowest BCUT2D eigenvalue weighted by Crippen LogP contribution is -2.17. The van der Waals surface area contributed by atoms with E-state index in [-0.39, 0.29) is 0 Å². The van der Waals surface area contributed by atoms with Crippen LogP contribution in [0, 0.1) is 0 Å². The Morgan fingerprint density at radius 3 is 1.49 bits per heavy atom. The Kier molecular flexibility index (Phi) is 7.74. The Morgan fingerprint density at radius 2 is 0.825 bits per heavy atom. The molecule has 0 atom stereocenters. The molecule has 0 unspecified atom stereocenters. The van der Waals surface area contributed by atoms with Crippen molar-refractivity contribution in [1.29, 1.82) is 0 Å². The summed E-state index contributed by atoms with van der Waals surface area (Å²) in [4.78, 5) is 6.87. The van der Waals surface area contributed by atoms with Gasteiger partial charge in [-0.15, -0.1) is 0 Å². The van der Waals surface area contributed by atoms with Crippen molar-refractivity contribution in [1.82, 2.24) is 0 Å². The molecule has 2 aliphatic heterocycles. The van der Waals surface area contributed by atoms with Crippen molar-refractivity contribution in [2.24, 2.45) is 0 Å². The van der Waals surface area contributed by atoms with Gasteiger partial charge in [0.1, 0.15) is 0 Å². The Labute approximate surface area is 331 Å². The van der Waals surface area contributed by atoms with E-state index in [4.69, 9.17) is 9.47 Å². The van der Waals surface area contributed by atoms with Crippen LogP contribution in [0.4, 0.5) is 51.2 Å². The topological polar surface area (TPSA) is 28.2 Å².